The Morgan fingerprint density at radius 3 is 2.09 bits per heavy atom. The van der Waals surface area contributed by atoms with Crippen LogP contribution in [0.25, 0.3) is 0 Å². The molecule has 1 saturated heterocycles. The molecule has 0 saturated carbocycles. The standard InChI is InChI=1S/C37H38N2O7/c1-23-33(21-38(2)20-32(42)28-6-5-7-29(41)18-28)45-37(46-34(23)26-14-12-25(22-40)13-15-26)27-16-10-24(11-17-27)19-39-35(43)30-8-3-4-9-31(30)36(39)44/h3-18,23,32-34,37,40-42H,19-22H2,1-2H3/t23-,32+,33+,34+,37+/m0/s1. The number of rotatable bonds is 10. The number of likely N-dealkylation sites (N-methyl/N-ethyl adjacent to an activating group) is 1. The summed E-state index contributed by atoms with van der Waals surface area (Å²) >= 11 is 0. The lowest BCUT2D eigenvalue weighted by Crippen LogP contribution is -2.44. The van der Waals surface area contributed by atoms with Crippen LogP contribution in [0.4, 0.5) is 0 Å². The molecule has 2 amide bonds. The van der Waals surface area contributed by atoms with E-state index < -0.39 is 12.4 Å². The number of benzene rings is 4. The summed E-state index contributed by atoms with van der Waals surface area (Å²) in [6, 6.07) is 28.7. The lowest BCUT2D eigenvalue weighted by Gasteiger charge is -2.42. The minimum Gasteiger partial charge on any atom is -0.508 e. The molecular formula is C37H38N2O7. The molecule has 2 aliphatic heterocycles. The van der Waals surface area contributed by atoms with Gasteiger partial charge in [-0.15, -0.1) is 0 Å². The maximum absolute atomic E-state index is 12.9. The number of imide groups is 1. The second kappa shape index (κ2) is 13.5. The van der Waals surface area contributed by atoms with Gasteiger partial charge in [-0.1, -0.05) is 79.7 Å². The van der Waals surface area contributed by atoms with Gasteiger partial charge in [-0.3, -0.25) is 14.5 Å². The lowest BCUT2D eigenvalue weighted by atomic mass is 9.90. The Bertz CT molecular complexity index is 1660. The maximum atomic E-state index is 12.9. The fourth-order valence-electron chi connectivity index (χ4n) is 6.19. The van der Waals surface area contributed by atoms with Crippen LogP contribution in [0.15, 0.2) is 97.1 Å². The van der Waals surface area contributed by atoms with Gasteiger partial charge in [-0.05, 0) is 53.6 Å². The summed E-state index contributed by atoms with van der Waals surface area (Å²) in [4.78, 5) is 29.0. The van der Waals surface area contributed by atoms with Crippen molar-refractivity contribution >= 4 is 11.8 Å². The Morgan fingerprint density at radius 1 is 0.826 bits per heavy atom. The van der Waals surface area contributed by atoms with Gasteiger partial charge >= 0.3 is 0 Å². The highest BCUT2D eigenvalue weighted by molar-refractivity contribution is 6.21. The van der Waals surface area contributed by atoms with E-state index in [0.29, 0.717) is 29.8 Å². The number of hydrogen-bond acceptors (Lipinski definition) is 8. The van der Waals surface area contributed by atoms with Crippen molar-refractivity contribution in [2.45, 2.75) is 44.7 Å². The summed E-state index contributed by atoms with van der Waals surface area (Å²) in [5.74, 6) is -0.541. The highest BCUT2D eigenvalue weighted by Crippen LogP contribution is 2.42. The summed E-state index contributed by atoms with van der Waals surface area (Å²) in [7, 11) is 1.92. The van der Waals surface area contributed by atoms with E-state index in [9.17, 15) is 24.9 Å². The predicted molar refractivity (Wildman–Crippen MR) is 171 cm³/mol. The third kappa shape index (κ3) is 6.60. The van der Waals surface area contributed by atoms with Crippen molar-refractivity contribution in [2.24, 2.45) is 5.92 Å². The van der Waals surface area contributed by atoms with E-state index in [2.05, 4.69) is 6.92 Å². The molecule has 0 unspecified atom stereocenters. The van der Waals surface area contributed by atoms with Gasteiger partial charge in [-0.25, -0.2) is 0 Å². The normalized spacial score (nSPS) is 21.9. The molecule has 4 aromatic rings. The number of aromatic hydroxyl groups is 1. The van der Waals surface area contributed by atoms with E-state index in [1.54, 1.807) is 48.5 Å². The van der Waals surface area contributed by atoms with E-state index in [4.69, 9.17) is 9.47 Å². The average molecular weight is 623 g/mol. The Hall–Kier alpha value is -4.38. The molecule has 2 aliphatic rings. The van der Waals surface area contributed by atoms with E-state index >= 15 is 0 Å². The van der Waals surface area contributed by atoms with E-state index in [0.717, 1.165) is 22.3 Å². The van der Waals surface area contributed by atoms with E-state index in [-0.39, 0.29) is 48.8 Å². The van der Waals surface area contributed by atoms with Crippen LogP contribution >= 0.6 is 0 Å². The van der Waals surface area contributed by atoms with Crippen molar-refractivity contribution in [3.63, 3.8) is 0 Å². The van der Waals surface area contributed by atoms with Gasteiger partial charge in [0.05, 0.1) is 42.6 Å². The summed E-state index contributed by atoms with van der Waals surface area (Å²) < 4.78 is 13.1. The van der Waals surface area contributed by atoms with Gasteiger partial charge in [-0.2, -0.15) is 0 Å². The minimum absolute atomic E-state index is 0.0465. The summed E-state index contributed by atoms with van der Waals surface area (Å²) in [5, 5.41) is 30.2. The molecule has 3 N–H and O–H groups in total. The van der Waals surface area contributed by atoms with Crippen LogP contribution in [-0.4, -0.2) is 63.2 Å². The Kier molecular flexibility index (Phi) is 9.30. The summed E-state index contributed by atoms with van der Waals surface area (Å²) in [5.41, 5.74) is 4.85. The Morgan fingerprint density at radius 2 is 1.46 bits per heavy atom. The van der Waals surface area contributed by atoms with Crippen LogP contribution in [-0.2, 0) is 22.6 Å². The number of aliphatic hydroxyl groups is 2. The van der Waals surface area contributed by atoms with Gasteiger partial charge in [0.15, 0.2) is 6.29 Å². The molecule has 1 fully saturated rings. The molecular weight excluding hydrogens is 584 g/mol. The van der Waals surface area contributed by atoms with Crippen molar-refractivity contribution in [2.75, 3.05) is 20.1 Å². The van der Waals surface area contributed by atoms with Crippen LogP contribution in [0.1, 0.15) is 74.0 Å². The predicted octanol–water partition coefficient (Wildman–Crippen LogP) is 5.14. The van der Waals surface area contributed by atoms with Crippen molar-refractivity contribution in [3.8, 4) is 5.75 Å². The molecule has 4 aromatic carbocycles. The Balaban J connectivity index is 1.19. The third-order valence-corrected chi connectivity index (χ3v) is 8.83. The summed E-state index contributed by atoms with van der Waals surface area (Å²) in [6.45, 7) is 3.04. The second-order valence-electron chi connectivity index (χ2n) is 12.1. The number of nitrogens with zero attached hydrogens (tertiary/aromatic N) is 2. The highest BCUT2D eigenvalue weighted by Gasteiger charge is 2.39. The topological polar surface area (TPSA) is 120 Å². The smallest absolute Gasteiger partial charge is 0.261 e. The number of phenolic OH excluding ortho intramolecular Hbond substituents is 1. The molecule has 9 heteroatoms. The molecule has 6 rings (SSSR count). The first-order valence-electron chi connectivity index (χ1n) is 15.4. The number of hydrogen-bond donors (Lipinski definition) is 3. The van der Waals surface area contributed by atoms with Gasteiger partial charge in [0.25, 0.3) is 11.8 Å². The number of fused-ring (bicyclic) bond motifs is 1. The first-order valence-corrected chi connectivity index (χ1v) is 15.4. The van der Waals surface area contributed by atoms with Gasteiger partial charge in [0.2, 0.25) is 0 Å². The fourth-order valence-corrected chi connectivity index (χ4v) is 6.19. The van der Waals surface area contributed by atoms with Crippen molar-refractivity contribution in [3.05, 3.63) is 136 Å². The monoisotopic (exact) mass is 622 g/mol. The first kappa shape index (κ1) is 31.6. The molecule has 9 nitrogen and oxygen atoms in total. The molecule has 5 atom stereocenters. The molecule has 0 bridgehead atoms. The van der Waals surface area contributed by atoms with Gasteiger partial charge in [0.1, 0.15) is 5.75 Å². The van der Waals surface area contributed by atoms with E-state index in [1.807, 2.05) is 60.5 Å². The third-order valence-electron chi connectivity index (χ3n) is 8.83. The number of aliphatic hydroxyl groups excluding tert-OH is 2. The number of amides is 2. The summed E-state index contributed by atoms with van der Waals surface area (Å²) in [6.07, 6.45) is -2.05. The van der Waals surface area contributed by atoms with Crippen LogP contribution < -0.4 is 0 Å². The number of phenols is 1. The average Bonchev–Trinajstić information content (AvgIpc) is 3.31. The number of carbonyl (C=O) groups excluding carboxylic acids is 2. The minimum atomic E-state index is -0.792. The molecule has 0 aromatic heterocycles. The Labute approximate surface area is 268 Å². The molecule has 0 spiro atoms. The lowest BCUT2D eigenvalue weighted by molar-refractivity contribution is -0.276. The number of carbonyl (C=O) groups is 2. The highest BCUT2D eigenvalue weighted by atomic mass is 16.7. The molecule has 238 valence electrons. The SMILES string of the molecule is C[C@H]1[C@@H](CN(C)C[C@@H](O)c2cccc(O)c2)O[C@@H](c2ccc(CN3C(=O)c4ccccc4C3=O)cc2)O[C@H]1c1ccc(CO)cc1. The van der Waals surface area contributed by atoms with Crippen molar-refractivity contribution in [1.29, 1.82) is 0 Å². The molecule has 0 aliphatic carbocycles. The first-order chi connectivity index (χ1) is 22.2. The molecule has 46 heavy (non-hydrogen) atoms. The quantitative estimate of drug-likeness (QED) is 0.208. The van der Waals surface area contributed by atoms with Crippen LogP contribution in [0.5, 0.6) is 5.75 Å². The zero-order valence-corrected chi connectivity index (χ0v) is 25.8. The molecule has 2 heterocycles. The van der Waals surface area contributed by atoms with Gasteiger partial charge in [0, 0.05) is 24.6 Å². The zero-order valence-electron chi connectivity index (χ0n) is 25.8. The van der Waals surface area contributed by atoms with E-state index in [1.165, 1.54) is 4.90 Å². The number of ether oxygens (including phenoxy) is 2. The maximum Gasteiger partial charge on any atom is 0.261 e. The van der Waals surface area contributed by atoms with Crippen LogP contribution in [0, 0.1) is 5.92 Å². The zero-order chi connectivity index (χ0) is 32.4. The second-order valence-corrected chi connectivity index (χ2v) is 12.1. The van der Waals surface area contributed by atoms with Crippen molar-refractivity contribution in [1.82, 2.24) is 9.80 Å². The molecule has 0 radical (unpaired) electrons. The van der Waals surface area contributed by atoms with Crippen LogP contribution in [0.3, 0.4) is 0 Å². The van der Waals surface area contributed by atoms with Crippen molar-refractivity contribution < 1.29 is 34.4 Å². The van der Waals surface area contributed by atoms with Gasteiger partial charge < -0.3 is 29.7 Å². The largest absolute Gasteiger partial charge is 0.508 e. The fraction of sp³-hybridized carbons (Fsp3) is 0.297. The van der Waals surface area contributed by atoms with Crippen LogP contribution in [0.2, 0.25) is 0 Å².